The average molecular weight is 499 g/mol. The van der Waals surface area contributed by atoms with Gasteiger partial charge in [0, 0.05) is 17.4 Å². The number of allylic oxidation sites excluding steroid dienone is 5. The molecule has 0 aromatic heterocycles. The number of amides is 1. The van der Waals surface area contributed by atoms with E-state index in [0.29, 0.717) is 12.8 Å². The third-order valence-electron chi connectivity index (χ3n) is 4.98. The van der Waals surface area contributed by atoms with Gasteiger partial charge in [0.2, 0.25) is 5.91 Å². The highest BCUT2D eigenvalue weighted by Crippen LogP contribution is 2.21. The first-order valence-corrected chi connectivity index (χ1v) is 13.1. The van der Waals surface area contributed by atoms with Crippen molar-refractivity contribution >= 4 is 29.6 Å². The van der Waals surface area contributed by atoms with Gasteiger partial charge in [-0.25, -0.2) is 0 Å². The van der Waals surface area contributed by atoms with Crippen LogP contribution in [-0.2, 0) is 14.4 Å². The van der Waals surface area contributed by atoms with Crippen LogP contribution in [0.3, 0.4) is 0 Å². The second-order valence-electron chi connectivity index (χ2n) is 8.12. The van der Waals surface area contributed by atoms with Crippen LogP contribution < -0.4 is 11.1 Å². The van der Waals surface area contributed by atoms with Crippen molar-refractivity contribution in [2.75, 3.05) is 12.3 Å². The van der Waals surface area contributed by atoms with E-state index >= 15 is 0 Å². The standard InChI is InChI=1S/C25H42N2O6S/c1-2-3-4-5-6-7-8-9-10-11-12-13-16-22(21(28)15-14-17-23(29)30)34-19-20(26)25(33)27-18-24(31)32/h9-13,16,20-22,28H,2-8,14-15,17-19,26H2,1H3,(H,27,33)(H,29,30)(H,31,32)/b10-9+,12-11+,16-13+/t20-,21-,22?/m0/s1. The fourth-order valence-corrected chi connectivity index (χ4v) is 4.17. The maximum absolute atomic E-state index is 11.9. The van der Waals surface area contributed by atoms with Crippen molar-refractivity contribution in [2.24, 2.45) is 5.73 Å². The Hall–Kier alpha value is -2.10. The first kappa shape index (κ1) is 31.9. The zero-order valence-electron chi connectivity index (χ0n) is 20.2. The van der Waals surface area contributed by atoms with Gasteiger partial charge in [-0.2, -0.15) is 0 Å². The number of carbonyl (C=O) groups is 3. The summed E-state index contributed by atoms with van der Waals surface area (Å²) >= 11 is 1.27. The molecule has 0 heterocycles. The predicted octanol–water partition coefficient (Wildman–Crippen LogP) is 3.65. The maximum atomic E-state index is 11.9. The van der Waals surface area contributed by atoms with Crippen molar-refractivity contribution < 1.29 is 29.7 Å². The van der Waals surface area contributed by atoms with Gasteiger partial charge in [-0.15, -0.1) is 11.8 Å². The molecule has 6 N–H and O–H groups in total. The zero-order valence-corrected chi connectivity index (χ0v) is 21.0. The number of nitrogens with two attached hydrogens (primary N) is 1. The van der Waals surface area contributed by atoms with Gasteiger partial charge >= 0.3 is 11.9 Å². The highest BCUT2D eigenvalue weighted by atomic mass is 32.2. The molecule has 0 saturated carbocycles. The van der Waals surface area contributed by atoms with Crippen LogP contribution in [0.2, 0.25) is 0 Å². The van der Waals surface area contributed by atoms with Gasteiger partial charge in [-0.3, -0.25) is 14.4 Å². The summed E-state index contributed by atoms with van der Waals surface area (Å²) in [4.78, 5) is 33.2. The molecule has 34 heavy (non-hydrogen) atoms. The summed E-state index contributed by atoms with van der Waals surface area (Å²) in [5.41, 5.74) is 5.83. The van der Waals surface area contributed by atoms with E-state index in [1.54, 1.807) is 6.08 Å². The number of carboxylic acids is 2. The van der Waals surface area contributed by atoms with Crippen molar-refractivity contribution in [1.29, 1.82) is 0 Å². The average Bonchev–Trinajstić information content (AvgIpc) is 2.79. The van der Waals surface area contributed by atoms with Crippen LogP contribution in [0.25, 0.3) is 0 Å². The summed E-state index contributed by atoms with van der Waals surface area (Å²) in [6.07, 6.45) is 20.0. The Bertz CT molecular complexity index is 666. The summed E-state index contributed by atoms with van der Waals surface area (Å²) in [5.74, 6) is -2.47. The Labute approximate surface area is 207 Å². The first-order chi connectivity index (χ1) is 16.3. The monoisotopic (exact) mass is 498 g/mol. The molecule has 0 saturated heterocycles. The minimum absolute atomic E-state index is 0.0292. The predicted molar refractivity (Wildman–Crippen MR) is 138 cm³/mol. The molecule has 0 fully saturated rings. The zero-order chi connectivity index (χ0) is 25.6. The van der Waals surface area contributed by atoms with Crippen LogP contribution in [0.5, 0.6) is 0 Å². The highest BCUT2D eigenvalue weighted by Gasteiger charge is 2.21. The molecule has 0 bridgehead atoms. The Morgan fingerprint density at radius 3 is 2.29 bits per heavy atom. The van der Waals surface area contributed by atoms with Gasteiger partial charge in [0.1, 0.15) is 6.54 Å². The number of aliphatic carboxylic acids is 2. The molecule has 0 rings (SSSR count). The van der Waals surface area contributed by atoms with E-state index in [9.17, 15) is 19.5 Å². The quantitative estimate of drug-likeness (QED) is 0.119. The van der Waals surface area contributed by atoms with Crippen LogP contribution in [0.1, 0.15) is 71.1 Å². The normalized spacial score (nSPS) is 14.6. The molecule has 0 aliphatic carbocycles. The Morgan fingerprint density at radius 1 is 0.941 bits per heavy atom. The van der Waals surface area contributed by atoms with Crippen LogP contribution in [-0.4, -0.2) is 62.9 Å². The molecular formula is C25H42N2O6S. The van der Waals surface area contributed by atoms with Crippen molar-refractivity contribution in [1.82, 2.24) is 5.32 Å². The summed E-state index contributed by atoms with van der Waals surface area (Å²) < 4.78 is 0. The van der Waals surface area contributed by atoms with E-state index in [4.69, 9.17) is 15.9 Å². The van der Waals surface area contributed by atoms with Gasteiger partial charge in [0.05, 0.1) is 12.1 Å². The molecule has 1 amide bonds. The molecule has 3 atom stereocenters. The number of unbranched alkanes of at least 4 members (excludes halogenated alkanes) is 6. The third kappa shape index (κ3) is 19.4. The van der Waals surface area contributed by atoms with E-state index < -0.39 is 36.5 Å². The van der Waals surface area contributed by atoms with Crippen molar-refractivity contribution in [3.8, 4) is 0 Å². The van der Waals surface area contributed by atoms with Gasteiger partial charge in [-0.05, 0) is 25.7 Å². The van der Waals surface area contributed by atoms with Crippen LogP contribution >= 0.6 is 11.8 Å². The lowest BCUT2D eigenvalue weighted by Gasteiger charge is -2.21. The molecule has 0 aliphatic heterocycles. The number of hydrogen-bond acceptors (Lipinski definition) is 6. The number of carbonyl (C=O) groups excluding carboxylic acids is 1. The summed E-state index contributed by atoms with van der Waals surface area (Å²) in [6.45, 7) is 1.71. The lowest BCUT2D eigenvalue weighted by Crippen LogP contribution is -2.44. The molecule has 9 heteroatoms. The number of thioether (sulfide) groups is 1. The largest absolute Gasteiger partial charge is 0.481 e. The second kappa shape index (κ2) is 21.4. The van der Waals surface area contributed by atoms with E-state index in [1.165, 1.54) is 50.3 Å². The van der Waals surface area contributed by atoms with E-state index in [2.05, 4.69) is 18.3 Å². The van der Waals surface area contributed by atoms with E-state index in [1.807, 2.05) is 24.3 Å². The van der Waals surface area contributed by atoms with E-state index in [0.717, 1.165) is 6.42 Å². The molecule has 8 nitrogen and oxygen atoms in total. The molecule has 0 aromatic carbocycles. The van der Waals surface area contributed by atoms with Crippen LogP contribution in [0.15, 0.2) is 36.5 Å². The highest BCUT2D eigenvalue weighted by molar-refractivity contribution is 8.00. The smallest absolute Gasteiger partial charge is 0.322 e. The Balaban J connectivity index is 4.62. The molecule has 0 aliphatic rings. The lowest BCUT2D eigenvalue weighted by atomic mass is 10.1. The number of hydrogen-bond donors (Lipinski definition) is 5. The Kier molecular flexibility index (Phi) is 20.1. The molecule has 0 aromatic rings. The fraction of sp³-hybridized carbons (Fsp3) is 0.640. The van der Waals surface area contributed by atoms with Crippen LogP contribution in [0.4, 0.5) is 0 Å². The summed E-state index contributed by atoms with van der Waals surface area (Å²) in [7, 11) is 0. The SMILES string of the molecule is CCCCCCCC/C=C/C=C/C=C/C(SC[C@H](N)C(=O)NCC(=O)O)[C@@H](O)CCCC(=O)O. The minimum Gasteiger partial charge on any atom is -0.481 e. The number of aliphatic hydroxyl groups is 1. The Morgan fingerprint density at radius 2 is 1.62 bits per heavy atom. The molecule has 0 radical (unpaired) electrons. The fourth-order valence-electron chi connectivity index (χ4n) is 3.03. The second-order valence-corrected chi connectivity index (χ2v) is 9.33. The van der Waals surface area contributed by atoms with Gasteiger partial charge in [-0.1, -0.05) is 75.5 Å². The van der Waals surface area contributed by atoms with Crippen molar-refractivity contribution in [2.45, 2.75) is 88.5 Å². The summed E-state index contributed by atoms with van der Waals surface area (Å²) in [6, 6.07) is -0.924. The number of rotatable bonds is 21. The number of aliphatic hydroxyl groups excluding tert-OH is 1. The molecule has 194 valence electrons. The molecular weight excluding hydrogens is 456 g/mol. The van der Waals surface area contributed by atoms with Gasteiger partial charge in [0.25, 0.3) is 0 Å². The minimum atomic E-state index is -1.16. The van der Waals surface area contributed by atoms with E-state index in [-0.39, 0.29) is 17.4 Å². The van der Waals surface area contributed by atoms with Crippen molar-refractivity contribution in [3.05, 3.63) is 36.5 Å². The molecule has 1 unspecified atom stereocenters. The third-order valence-corrected chi connectivity index (χ3v) is 6.39. The van der Waals surface area contributed by atoms with Crippen molar-refractivity contribution in [3.63, 3.8) is 0 Å². The first-order valence-electron chi connectivity index (χ1n) is 12.0. The summed E-state index contributed by atoms with van der Waals surface area (Å²) in [5, 5.41) is 29.8. The lowest BCUT2D eigenvalue weighted by molar-refractivity contribution is -0.138. The number of nitrogens with one attached hydrogen (secondary N) is 1. The number of carboxylic acid groups (broad SMARTS) is 2. The maximum Gasteiger partial charge on any atom is 0.322 e. The molecule has 0 spiro atoms. The topological polar surface area (TPSA) is 150 Å². The van der Waals surface area contributed by atoms with Gasteiger partial charge < -0.3 is 26.4 Å². The van der Waals surface area contributed by atoms with Gasteiger partial charge in [0.15, 0.2) is 0 Å². The van der Waals surface area contributed by atoms with Crippen LogP contribution in [0, 0.1) is 0 Å².